The summed E-state index contributed by atoms with van der Waals surface area (Å²) in [6.45, 7) is 6.93. The lowest BCUT2D eigenvalue weighted by molar-refractivity contribution is 0.0697. The van der Waals surface area contributed by atoms with Crippen LogP contribution in [0.15, 0.2) is 41.0 Å². The van der Waals surface area contributed by atoms with Gasteiger partial charge < -0.3 is 13.9 Å². The fourth-order valence-corrected chi connectivity index (χ4v) is 6.32. The van der Waals surface area contributed by atoms with Crippen molar-refractivity contribution in [2.45, 2.75) is 71.0 Å². The average Bonchev–Trinajstić information content (AvgIpc) is 3.61. The zero-order valence-corrected chi connectivity index (χ0v) is 19.8. The van der Waals surface area contributed by atoms with Crippen LogP contribution in [-0.2, 0) is 19.5 Å². The first kappa shape index (κ1) is 21.0. The summed E-state index contributed by atoms with van der Waals surface area (Å²) >= 11 is 0. The van der Waals surface area contributed by atoms with Crippen molar-refractivity contribution in [3.05, 3.63) is 59.2 Å². The van der Waals surface area contributed by atoms with Gasteiger partial charge in [-0.3, -0.25) is 9.69 Å². The molecule has 174 valence electrons. The van der Waals surface area contributed by atoms with E-state index in [9.17, 15) is 4.79 Å². The lowest BCUT2D eigenvalue weighted by Crippen LogP contribution is -2.38. The summed E-state index contributed by atoms with van der Waals surface area (Å²) in [6.07, 6.45) is 10.4. The first-order valence-electron chi connectivity index (χ1n) is 12.9. The molecule has 5 heteroatoms. The monoisotopic (exact) mass is 445 g/mol. The molecule has 0 N–H and O–H groups in total. The second kappa shape index (κ2) is 8.68. The van der Waals surface area contributed by atoms with Crippen molar-refractivity contribution in [3.63, 3.8) is 0 Å². The fraction of sp³-hybridized carbons (Fsp3) is 0.536. The van der Waals surface area contributed by atoms with Crippen LogP contribution in [0.25, 0.3) is 10.9 Å². The Hall–Kier alpha value is -2.53. The fourth-order valence-electron chi connectivity index (χ4n) is 6.32. The smallest absolute Gasteiger partial charge is 0.253 e. The van der Waals surface area contributed by atoms with E-state index in [1.165, 1.54) is 47.8 Å². The van der Waals surface area contributed by atoms with Crippen molar-refractivity contribution in [1.82, 2.24) is 14.4 Å². The molecule has 3 aliphatic rings. The maximum absolute atomic E-state index is 13.3. The van der Waals surface area contributed by atoms with Crippen LogP contribution < -0.4 is 0 Å². The molecule has 1 saturated heterocycles. The lowest BCUT2D eigenvalue weighted by Gasteiger charge is -2.33. The molecule has 5 nitrogen and oxygen atoms in total. The highest BCUT2D eigenvalue weighted by atomic mass is 16.3. The standard InChI is InChI=1S/C28H35N3O2/c1-20-10-13-29(14-11-20)28(32)21-8-9-26-24(17-21)25-19-30(22-5-2-3-6-22)15-12-27(25)31(26)18-23-7-4-16-33-23/h4,7-9,16-17,20,22H,2-3,5-6,10-15,18-19H2,1H3. The highest BCUT2D eigenvalue weighted by Gasteiger charge is 2.30. The molecule has 2 aromatic heterocycles. The van der Waals surface area contributed by atoms with Gasteiger partial charge in [0.05, 0.1) is 12.8 Å². The average molecular weight is 446 g/mol. The minimum atomic E-state index is 0.194. The van der Waals surface area contributed by atoms with E-state index in [1.54, 1.807) is 6.26 Å². The molecule has 1 amide bonds. The second-order valence-corrected chi connectivity index (χ2v) is 10.5. The van der Waals surface area contributed by atoms with E-state index in [-0.39, 0.29) is 5.91 Å². The van der Waals surface area contributed by atoms with Gasteiger partial charge in [-0.1, -0.05) is 19.8 Å². The maximum atomic E-state index is 13.3. The van der Waals surface area contributed by atoms with Crippen LogP contribution >= 0.6 is 0 Å². The Balaban J connectivity index is 1.38. The molecule has 2 fully saturated rings. The predicted molar refractivity (Wildman–Crippen MR) is 130 cm³/mol. The summed E-state index contributed by atoms with van der Waals surface area (Å²) in [5.41, 5.74) is 4.92. The van der Waals surface area contributed by atoms with E-state index >= 15 is 0 Å². The maximum Gasteiger partial charge on any atom is 0.253 e. The number of amides is 1. The minimum Gasteiger partial charge on any atom is -0.467 e. The van der Waals surface area contributed by atoms with Crippen LogP contribution in [0.2, 0.25) is 0 Å². The summed E-state index contributed by atoms with van der Waals surface area (Å²) in [7, 11) is 0. The van der Waals surface area contributed by atoms with Gasteiger partial charge in [0.15, 0.2) is 0 Å². The van der Waals surface area contributed by atoms with Gasteiger partial charge >= 0.3 is 0 Å². The molecule has 33 heavy (non-hydrogen) atoms. The number of piperidine rings is 1. The van der Waals surface area contributed by atoms with Gasteiger partial charge in [-0.25, -0.2) is 0 Å². The van der Waals surface area contributed by atoms with Gasteiger partial charge in [-0.15, -0.1) is 0 Å². The first-order chi connectivity index (χ1) is 16.2. The number of rotatable bonds is 4. The Morgan fingerprint density at radius 2 is 1.88 bits per heavy atom. The number of fused-ring (bicyclic) bond motifs is 3. The Morgan fingerprint density at radius 3 is 2.64 bits per heavy atom. The number of carbonyl (C=O) groups excluding carboxylic acids is 1. The van der Waals surface area contributed by atoms with E-state index in [0.717, 1.165) is 75.3 Å². The third kappa shape index (κ3) is 3.90. The Bertz CT molecular complexity index is 1130. The third-order valence-corrected chi connectivity index (χ3v) is 8.34. The van der Waals surface area contributed by atoms with Crippen LogP contribution in [0.4, 0.5) is 0 Å². The van der Waals surface area contributed by atoms with Crippen molar-refractivity contribution in [3.8, 4) is 0 Å². The minimum absolute atomic E-state index is 0.194. The number of aromatic nitrogens is 1. The molecule has 6 rings (SSSR count). The SMILES string of the molecule is CC1CCN(C(=O)c2ccc3c(c2)c2c(n3Cc3ccco3)CCN(C3CCCC3)C2)CC1. The van der Waals surface area contributed by atoms with Crippen molar-refractivity contribution in [2.24, 2.45) is 5.92 Å². The zero-order valence-electron chi connectivity index (χ0n) is 19.8. The number of hydrogen-bond donors (Lipinski definition) is 0. The summed E-state index contributed by atoms with van der Waals surface area (Å²) in [5.74, 6) is 1.90. The van der Waals surface area contributed by atoms with Gasteiger partial charge in [0.2, 0.25) is 0 Å². The predicted octanol–water partition coefficient (Wildman–Crippen LogP) is 5.46. The molecule has 1 aliphatic carbocycles. The van der Waals surface area contributed by atoms with Gasteiger partial charge in [-0.05, 0) is 67.5 Å². The molecule has 0 spiro atoms. The zero-order chi connectivity index (χ0) is 22.4. The molecular weight excluding hydrogens is 410 g/mol. The van der Waals surface area contributed by atoms with Crippen molar-refractivity contribution < 1.29 is 9.21 Å². The van der Waals surface area contributed by atoms with Crippen molar-refractivity contribution >= 4 is 16.8 Å². The summed E-state index contributed by atoms with van der Waals surface area (Å²) < 4.78 is 8.14. The number of benzene rings is 1. The number of hydrogen-bond acceptors (Lipinski definition) is 3. The van der Waals surface area contributed by atoms with E-state index in [2.05, 4.69) is 39.5 Å². The number of carbonyl (C=O) groups is 1. The van der Waals surface area contributed by atoms with Crippen molar-refractivity contribution in [2.75, 3.05) is 19.6 Å². The number of furan rings is 1. The van der Waals surface area contributed by atoms with E-state index in [0.29, 0.717) is 0 Å². The molecular formula is C28H35N3O2. The normalized spacial score (nSPS) is 20.6. The quantitative estimate of drug-likeness (QED) is 0.536. The van der Waals surface area contributed by atoms with Crippen molar-refractivity contribution in [1.29, 1.82) is 0 Å². The van der Waals surface area contributed by atoms with Crippen LogP contribution in [-0.4, -0.2) is 46.0 Å². The van der Waals surface area contributed by atoms with Crippen LogP contribution in [0.5, 0.6) is 0 Å². The lowest BCUT2D eigenvalue weighted by atomic mass is 9.98. The van der Waals surface area contributed by atoms with Crippen LogP contribution in [0.3, 0.4) is 0 Å². The van der Waals surface area contributed by atoms with E-state index in [4.69, 9.17) is 4.42 Å². The number of nitrogens with zero attached hydrogens (tertiary/aromatic N) is 3. The summed E-state index contributed by atoms with van der Waals surface area (Å²) in [4.78, 5) is 18.1. The molecule has 1 aromatic carbocycles. The van der Waals surface area contributed by atoms with Gasteiger partial charge in [0.1, 0.15) is 5.76 Å². The Morgan fingerprint density at radius 1 is 1.06 bits per heavy atom. The first-order valence-corrected chi connectivity index (χ1v) is 12.9. The molecule has 0 unspecified atom stereocenters. The highest BCUT2D eigenvalue weighted by Crippen LogP contribution is 2.35. The summed E-state index contributed by atoms with van der Waals surface area (Å²) in [5, 5.41) is 1.26. The topological polar surface area (TPSA) is 41.6 Å². The molecule has 2 aliphatic heterocycles. The van der Waals surface area contributed by atoms with E-state index in [1.807, 2.05) is 12.1 Å². The largest absolute Gasteiger partial charge is 0.467 e. The highest BCUT2D eigenvalue weighted by molar-refractivity contribution is 5.99. The molecule has 4 heterocycles. The van der Waals surface area contributed by atoms with Gasteiger partial charge in [0.25, 0.3) is 5.91 Å². The van der Waals surface area contributed by atoms with Crippen LogP contribution in [0, 0.1) is 5.92 Å². The number of likely N-dealkylation sites (tertiary alicyclic amines) is 1. The second-order valence-electron chi connectivity index (χ2n) is 10.5. The van der Waals surface area contributed by atoms with Gasteiger partial charge in [0, 0.05) is 60.8 Å². The van der Waals surface area contributed by atoms with Gasteiger partial charge in [-0.2, -0.15) is 0 Å². The van der Waals surface area contributed by atoms with E-state index < -0.39 is 0 Å². The third-order valence-electron chi connectivity index (χ3n) is 8.34. The molecule has 0 radical (unpaired) electrons. The van der Waals surface area contributed by atoms with Crippen LogP contribution in [0.1, 0.15) is 72.8 Å². The Labute approximate surface area is 196 Å². The molecule has 0 bridgehead atoms. The molecule has 1 saturated carbocycles. The summed E-state index contributed by atoms with van der Waals surface area (Å²) in [6, 6.07) is 11.2. The molecule has 3 aromatic rings. The molecule has 0 atom stereocenters. The Kier molecular flexibility index (Phi) is 5.53.